The van der Waals surface area contributed by atoms with E-state index in [0.717, 1.165) is 17.7 Å². The SMILES string of the molecule is C1CCOC1.COc1ccc(Br)c(NC(=O)OC(C)(C)C)c1. The number of nitrogens with one attached hydrogen (secondary N) is 1. The smallest absolute Gasteiger partial charge is 0.412 e. The molecule has 0 aliphatic carbocycles. The van der Waals surface area contributed by atoms with Crippen LogP contribution < -0.4 is 10.1 Å². The summed E-state index contributed by atoms with van der Waals surface area (Å²) in [6.45, 7) is 7.44. The number of rotatable bonds is 2. The van der Waals surface area contributed by atoms with Crippen LogP contribution in [0.25, 0.3) is 0 Å². The van der Waals surface area contributed by atoms with E-state index in [4.69, 9.17) is 14.2 Å². The van der Waals surface area contributed by atoms with Gasteiger partial charge >= 0.3 is 6.09 Å². The van der Waals surface area contributed by atoms with E-state index >= 15 is 0 Å². The third-order valence-corrected chi connectivity index (χ3v) is 3.33. The first-order valence-electron chi connectivity index (χ1n) is 7.23. The molecular weight excluding hydrogens is 350 g/mol. The summed E-state index contributed by atoms with van der Waals surface area (Å²) in [6.07, 6.45) is 2.06. The van der Waals surface area contributed by atoms with Crippen molar-refractivity contribution < 1.29 is 19.0 Å². The number of methoxy groups -OCH3 is 1. The molecule has 1 aliphatic heterocycles. The Kier molecular flexibility index (Phi) is 7.68. The topological polar surface area (TPSA) is 56.8 Å². The molecule has 0 aromatic heterocycles. The van der Waals surface area contributed by atoms with Crippen molar-refractivity contribution in [3.05, 3.63) is 22.7 Å². The maximum atomic E-state index is 11.6. The largest absolute Gasteiger partial charge is 0.497 e. The zero-order chi connectivity index (χ0) is 16.6. The van der Waals surface area contributed by atoms with E-state index in [1.807, 2.05) is 20.8 Å². The molecule has 1 N–H and O–H groups in total. The Balaban J connectivity index is 0.000000406. The predicted molar refractivity (Wildman–Crippen MR) is 90.6 cm³/mol. The maximum absolute atomic E-state index is 11.6. The number of ether oxygens (including phenoxy) is 3. The lowest BCUT2D eigenvalue weighted by atomic mass is 10.2. The molecule has 0 atom stereocenters. The van der Waals surface area contributed by atoms with Gasteiger partial charge in [0.05, 0.1) is 12.8 Å². The molecule has 124 valence electrons. The van der Waals surface area contributed by atoms with Gasteiger partial charge < -0.3 is 14.2 Å². The Morgan fingerprint density at radius 2 is 1.91 bits per heavy atom. The Hall–Kier alpha value is -1.27. The number of anilines is 1. The fourth-order valence-corrected chi connectivity index (χ4v) is 2.00. The van der Waals surface area contributed by atoms with E-state index < -0.39 is 11.7 Å². The van der Waals surface area contributed by atoms with E-state index in [2.05, 4.69) is 21.2 Å². The zero-order valence-electron chi connectivity index (χ0n) is 13.6. The molecule has 1 aliphatic rings. The average molecular weight is 374 g/mol. The Labute approximate surface area is 140 Å². The number of amides is 1. The first-order valence-corrected chi connectivity index (χ1v) is 8.02. The summed E-state index contributed by atoms with van der Waals surface area (Å²) >= 11 is 3.34. The molecule has 2 rings (SSSR count). The lowest BCUT2D eigenvalue weighted by molar-refractivity contribution is 0.0636. The number of carbonyl (C=O) groups excluding carboxylic acids is 1. The van der Waals surface area contributed by atoms with Crippen molar-refractivity contribution in [3.63, 3.8) is 0 Å². The van der Waals surface area contributed by atoms with Crippen molar-refractivity contribution >= 4 is 27.7 Å². The molecule has 1 aromatic carbocycles. The Bertz CT molecular complexity index is 474. The van der Waals surface area contributed by atoms with Crippen molar-refractivity contribution in [1.82, 2.24) is 0 Å². The van der Waals surface area contributed by atoms with Gasteiger partial charge in [0.2, 0.25) is 0 Å². The molecule has 1 saturated heterocycles. The molecule has 1 amide bonds. The Morgan fingerprint density at radius 1 is 1.27 bits per heavy atom. The van der Waals surface area contributed by atoms with Gasteiger partial charge in [0.25, 0.3) is 0 Å². The van der Waals surface area contributed by atoms with Crippen LogP contribution in [0.2, 0.25) is 0 Å². The third kappa shape index (κ3) is 7.66. The second kappa shape index (κ2) is 9.00. The minimum Gasteiger partial charge on any atom is -0.497 e. The summed E-state index contributed by atoms with van der Waals surface area (Å²) < 4.78 is 16.0. The van der Waals surface area contributed by atoms with Crippen LogP contribution in [0.5, 0.6) is 5.75 Å². The van der Waals surface area contributed by atoms with Gasteiger partial charge in [-0.15, -0.1) is 0 Å². The van der Waals surface area contributed by atoms with Crippen molar-refractivity contribution in [2.24, 2.45) is 0 Å². The molecule has 0 bridgehead atoms. The summed E-state index contributed by atoms with van der Waals surface area (Å²) in [5.74, 6) is 0.666. The van der Waals surface area contributed by atoms with Crippen LogP contribution in [0.3, 0.4) is 0 Å². The van der Waals surface area contributed by atoms with Crippen LogP contribution in [-0.4, -0.2) is 32.0 Å². The number of carbonyl (C=O) groups is 1. The molecule has 22 heavy (non-hydrogen) atoms. The van der Waals surface area contributed by atoms with Crippen molar-refractivity contribution in [2.75, 3.05) is 25.6 Å². The standard InChI is InChI=1S/C12H16BrNO3.C4H8O/c1-12(2,3)17-11(15)14-10-7-8(16-4)5-6-9(10)13;1-2-4-5-3-1/h5-7H,1-4H3,(H,14,15);1-4H2. The molecule has 6 heteroatoms. The summed E-state index contributed by atoms with van der Waals surface area (Å²) in [5.41, 5.74) is 0.0914. The number of halogens is 1. The van der Waals surface area contributed by atoms with E-state index in [-0.39, 0.29) is 0 Å². The fourth-order valence-electron chi connectivity index (χ4n) is 1.65. The summed E-state index contributed by atoms with van der Waals surface area (Å²) in [4.78, 5) is 11.6. The number of hydrogen-bond donors (Lipinski definition) is 1. The van der Waals surface area contributed by atoms with Gasteiger partial charge in [-0.3, -0.25) is 5.32 Å². The minimum atomic E-state index is -0.518. The van der Waals surface area contributed by atoms with Crippen LogP contribution in [0.15, 0.2) is 22.7 Å². The monoisotopic (exact) mass is 373 g/mol. The van der Waals surface area contributed by atoms with Gasteiger partial charge in [0, 0.05) is 23.8 Å². The van der Waals surface area contributed by atoms with Gasteiger partial charge in [-0.2, -0.15) is 0 Å². The first kappa shape index (κ1) is 18.8. The van der Waals surface area contributed by atoms with Crippen LogP contribution in [-0.2, 0) is 9.47 Å². The van der Waals surface area contributed by atoms with Crippen molar-refractivity contribution in [1.29, 1.82) is 0 Å². The van der Waals surface area contributed by atoms with Gasteiger partial charge in [-0.1, -0.05) is 0 Å². The van der Waals surface area contributed by atoms with E-state index in [1.165, 1.54) is 12.8 Å². The Morgan fingerprint density at radius 3 is 2.36 bits per heavy atom. The van der Waals surface area contributed by atoms with Gasteiger partial charge in [0.15, 0.2) is 0 Å². The quantitative estimate of drug-likeness (QED) is 0.822. The second-order valence-electron chi connectivity index (χ2n) is 5.79. The first-order chi connectivity index (χ1) is 10.3. The normalized spacial score (nSPS) is 13.9. The molecule has 0 spiro atoms. The van der Waals surface area contributed by atoms with Crippen LogP contribution in [0.4, 0.5) is 10.5 Å². The van der Waals surface area contributed by atoms with Crippen molar-refractivity contribution in [2.45, 2.75) is 39.2 Å². The van der Waals surface area contributed by atoms with Crippen molar-refractivity contribution in [3.8, 4) is 5.75 Å². The molecule has 1 heterocycles. The lowest BCUT2D eigenvalue weighted by Crippen LogP contribution is -2.27. The van der Waals surface area contributed by atoms with Crippen LogP contribution in [0.1, 0.15) is 33.6 Å². The lowest BCUT2D eigenvalue weighted by Gasteiger charge is -2.20. The summed E-state index contributed by atoms with van der Waals surface area (Å²) in [5, 5.41) is 2.65. The van der Waals surface area contributed by atoms with Gasteiger partial charge in [0.1, 0.15) is 11.4 Å². The maximum Gasteiger partial charge on any atom is 0.412 e. The zero-order valence-corrected chi connectivity index (χ0v) is 15.2. The number of benzene rings is 1. The molecular formula is C16H24BrNO4. The van der Waals surface area contributed by atoms with Gasteiger partial charge in [-0.25, -0.2) is 4.79 Å². The predicted octanol–water partition coefficient (Wildman–Crippen LogP) is 4.60. The highest BCUT2D eigenvalue weighted by molar-refractivity contribution is 9.10. The molecule has 0 unspecified atom stereocenters. The number of hydrogen-bond acceptors (Lipinski definition) is 4. The molecule has 5 nitrogen and oxygen atoms in total. The van der Waals surface area contributed by atoms with Crippen LogP contribution >= 0.6 is 15.9 Å². The molecule has 1 aromatic rings. The van der Waals surface area contributed by atoms with E-state index in [0.29, 0.717) is 11.4 Å². The highest BCUT2D eigenvalue weighted by atomic mass is 79.9. The van der Waals surface area contributed by atoms with Gasteiger partial charge in [-0.05, 0) is 61.7 Å². The summed E-state index contributed by atoms with van der Waals surface area (Å²) in [7, 11) is 1.57. The second-order valence-corrected chi connectivity index (χ2v) is 6.65. The van der Waals surface area contributed by atoms with Crippen LogP contribution in [0, 0.1) is 0 Å². The molecule has 0 radical (unpaired) electrons. The average Bonchev–Trinajstić information content (AvgIpc) is 2.98. The summed E-state index contributed by atoms with van der Waals surface area (Å²) in [6, 6.07) is 5.31. The third-order valence-electron chi connectivity index (χ3n) is 2.64. The minimum absolute atomic E-state index is 0.494. The van der Waals surface area contributed by atoms with E-state index in [9.17, 15) is 4.79 Å². The molecule has 0 saturated carbocycles. The molecule has 1 fully saturated rings. The highest BCUT2D eigenvalue weighted by Crippen LogP contribution is 2.27. The van der Waals surface area contributed by atoms with E-state index in [1.54, 1.807) is 25.3 Å². The fraction of sp³-hybridized carbons (Fsp3) is 0.562. The highest BCUT2D eigenvalue weighted by Gasteiger charge is 2.17.